The number of benzene rings is 2. The summed E-state index contributed by atoms with van der Waals surface area (Å²) < 4.78 is 23.6. The Labute approximate surface area is 137 Å². The summed E-state index contributed by atoms with van der Waals surface area (Å²) in [7, 11) is -3.76. The Bertz CT molecular complexity index is 1100. The van der Waals surface area contributed by atoms with Gasteiger partial charge in [-0.25, -0.2) is 18.5 Å². The number of fused-ring (bicyclic) bond motifs is 1. The van der Waals surface area contributed by atoms with Crippen molar-refractivity contribution in [3.63, 3.8) is 0 Å². The predicted molar refractivity (Wildman–Crippen MR) is 88.5 cm³/mol. The molecule has 0 aliphatic carbocycles. The molecule has 0 fully saturated rings. The third kappa shape index (κ3) is 3.07. The molecule has 0 spiro atoms. The van der Waals surface area contributed by atoms with E-state index in [-0.39, 0.29) is 10.5 Å². The number of aryl methyl sites for hydroxylation is 1. The number of sulfonamides is 1. The number of primary sulfonamides is 1. The molecule has 0 atom stereocenters. The molecule has 24 heavy (non-hydrogen) atoms. The van der Waals surface area contributed by atoms with Crippen LogP contribution in [0.25, 0.3) is 11.0 Å². The zero-order valence-electron chi connectivity index (χ0n) is 12.6. The average molecular weight is 343 g/mol. The van der Waals surface area contributed by atoms with Gasteiger partial charge in [0.1, 0.15) is 5.69 Å². The SMILES string of the molecule is Cc1nc2ccccc2n(N=Nc2ccc(S(N)(=O)=O)cc2)c1=O. The monoisotopic (exact) mass is 343 g/mol. The van der Waals surface area contributed by atoms with Crippen molar-refractivity contribution in [2.75, 3.05) is 0 Å². The lowest BCUT2D eigenvalue weighted by molar-refractivity contribution is 0.598. The van der Waals surface area contributed by atoms with E-state index in [1.807, 2.05) is 6.07 Å². The summed E-state index contributed by atoms with van der Waals surface area (Å²) >= 11 is 0. The van der Waals surface area contributed by atoms with E-state index in [2.05, 4.69) is 15.3 Å². The third-order valence-electron chi connectivity index (χ3n) is 3.31. The van der Waals surface area contributed by atoms with Gasteiger partial charge in [-0.05, 0) is 43.3 Å². The van der Waals surface area contributed by atoms with Crippen molar-refractivity contribution < 1.29 is 8.42 Å². The summed E-state index contributed by atoms with van der Waals surface area (Å²) in [5.41, 5.74) is 1.46. The lowest BCUT2D eigenvalue weighted by atomic mass is 10.3. The van der Waals surface area contributed by atoms with Crippen LogP contribution in [-0.2, 0) is 10.0 Å². The van der Waals surface area contributed by atoms with Gasteiger partial charge in [-0.1, -0.05) is 17.4 Å². The first kappa shape index (κ1) is 16.0. The molecule has 1 heterocycles. The topological polar surface area (TPSA) is 120 Å². The number of hydrogen-bond donors (Lipinski definition) is 1. The second-order valence-electron chi connectivity index (χ2n) is 5.03. The van der Waals surface area contributed by atoms with Crippen molar-refractivity contribution in [1.82, 2.24) is 9.66 Å². The minimum atomic E-state index is -3.76. The largest absolute Gasteiger partial charge is 0.294 e. The molecule has 0 amide bonds. The van der Waals surface area contributed by atoms with Crippen molar-refractivity contribution >= 4 is 26.7 Å². The van der Waals surface area contributed by atoms with Crippen LogP contribution in [0.3, 0.4) is 0 Å². The molecule has 0 saturated carbocycles. The summed E-state index contributed by atoms with van der Waals surface area (Å²) in [5.74, 6) is 0. The van der Waals surface area contributed by atoms with E-state index in [0.29, 0.717) is 22.4 Å². The molecule has 0 saturated heterocycles. The fourth-order valence-electron chi connectivity index (χ4n) is 2.12. The summed E-state index contributed by atoms with van der Waals surface area (Å²) in [5, 5.41) is 13.0. The van der Waals surface area contributed by atoms with Crippen molar-refractivity contribution in [2.45, 2.75) is 11.8 Å². The van der Waals surface area contributed by atoms with E-state index in [9.17, 15) is 13.2 Å². The van der Waals surface area contributed by atoms with E-state index in [1.54, 1.807) is 25.1 Å². The molecule has 2 N–H and O–H groups in total. The molecular formula is C15H13N5O3S. The molecule has 122 valence electrons. The van der Waals surface area contributed by atoms with Gasteiger partial charge in [-0.2, -0.15) is 4.68 Å². The standard InChI is InChI=1S/C15H13N5O3S/c1-10-15(21)20(14-5-3-2-4-13(14)17-10)19-18-11-6-8-12(9-7-11)24(16,22)23/h2-9H,1H3,(H2,16,22,23). The molecule has 3 rings (SSSR count). The summed E-state index contributed by atoms with van der Waals surface area (Å²) in [6.45, 7) is 1.60. The highest BCUT2D eigenvalue weighted by Gasteiger charge is 2.08. The Morgan fingerprint density at radius 2 is 1.75 bits per heavy atom. The van der Waals surface area contributed by atoms with Crippen molar-refractivity contribution in [2.24, 2.45) is 15.5 Å². The second-order valence-corrected chi connectivity index (χ2v) is 6.59. The first-order chi connectivity index (χ1) is 11.4. The van der Waals surface area contributed by atoms with Crippen LogP contribution in [0.2, 0.25) is 0 Å². The highest BCUT2D eigenvalue weighted by molar-refractivity contribution is 7.89. The Kier molecular flexibility index (Phi) is 3.96. The van der Waals surface area contributed by atoms with Gasteiger partial charge in [0.15, 0.2) is 0 Å². The molecule has 0 aliphatic heterocycles. The normalized spacial score (nSPS) is 12.1. The van der Waals surface area contributed by atoms with Crippen LogP contribution >= 0.6 is 0 Å². The molecule has 0 aliphatic rings. The van der Waals surface area contributed by atoms with Crippen LogP contribution < -0.4 is 10.7 Å². The number of para-hydroxylation sites is 2. The van der Waals surface area contributed by atoms with Crippen LogP contribution in [0.4, 0.5) is 5.69 Å². The predicted octanol–water partition coefficient (Wildman–Crippen LogP) is 1.90. The van der Waals surface area contributed by atoms with Crippen molar-refractivity contribution in [3.05, 3.63) is 64.6 Å². The molecule has 9 heteroatoms. The maximum absolute atomic E-state index is 12.2. The smallest absolute Gasteiger partial charge is 0.265 e. The highest BCUT2D eigenvalue weighted by atomic mass is 32.2. The zero-order chi connectivity index (χ0) is 17.3. The summed E-state index contributed by atoms with van der Waals surface area (Å²) in [4.78, 5) is 16.4. The van der Waals surface area contributed by atoms with Crippen LogP contribution in [-0.4, -0.2) is 18.1 Å². The van der Waals surface area contributed by atoms with Crippen LogP contribution in [0.1, 0.15) is 5.69 Å². The van der Waals surface area contributed by atoms with Crippen LogP contribution in [0, 0.1) is 6.92 Å². The van der Waals surface area contributed by atoms with E-state index < -0.39 is 10.0 Å². The summed E-state index contributed by atoms with van der Waals surface area (Å²) in [6.07, 6.45) is 0. The molecule has 0 unspecified atom stereocenters. The van der Waals surface area contributed by atoms with Crippen LogP contribution in [0.15, 0.2) is 68.6 Å². The van der Waals surface area contributed by atoms with E-state index >= 15 is 0 Å². The van der Waals surface area contributed by atoms with Crippen LogP contribution in [0.5, 0.6) is 0 Å². The van der Waals surface area contributed by atoms with E-state index in [0.717, 1.165) is 4.68 Å². The lowest BCUT2D eigenvalue weighted by Gasteiger charge is -2.04. The van der Waals surface area contributed by atoms with Gasteiger partial charge < -0.3 is 0 Å². The number of hydrogen-bond acceptors (Lipinski definition) is 6. The van der Waals surface area contributed by atoms with E-state index in [1.165, 1.54) is 24.3 Å². The lowest BCUT2D eigenvalue weighted by Crippen LogP contribution is -2.20. The molecular weight excluding hydrogens is 330 g/mol. The van der Waals surface area contributed by atoms with Crippen molar-refractivity contribution in [3.8, 4) is 0 Å². The number of aromatic nitrogens is 2. The molecule has 3 aromatic rings. The summed E-state index contributed by atoms with van der Waals surface area (Å²) in [6, 6.07) is 12.6. The Hall–Kier alpha value is -2.91. The first-order valence-electron chi connectivity index (χ1n) is 6.89. The van der Waals surface area contributed by atoms with Gasteiger partial charge in [-0.3, -0.25) is 4.79 Å². The third-order valence-corrected chi connectivity index (χ3v) is 4.24. The number of nitrogens with two attached hydrogens (primary N) is 1. The average Bonchev–Trinajstić information content (AvgIpc) is 2.55. The van der Waals surface area contributed by atoms with Crippen molar-refractivity contribution in [1.29, 1.82) is 0 Å². The number of rotatable bonds is 3. The second kappa shape index (κ2) is 5.95. The molecule has 1 aromatic heterocycles. The van der Waals surface area contributed by atoms with Gasteiger partial charge in [-0.15, -0.1) is 5.11 Å². The maximum atomic E-state index is 12.2. The highest BCUT2D eigenvalue weighted by Crippen LogP contribution is 2.17. The minimum Gasteiger partial charge on any atom is -0.265 e. The Balaban J connectivity index is 2.05. The Morgan fingerprint density at radius 3 is 2.42 bits per heavy atom. The van der Waals surface area contributed by atoms with E-state index in [4.69, 9.17) is 5.14 Å². The molecule has 2 aromatic carbocycles. The van der Waals surface area contributed by atoms with Gasteiger partial charge in [0, 0.05) is 0 Å². The molecule has 8 nitrogen and oxygen atoms in total. The fraction of sp³-hybridized carbons (Fsp3) is 0.0667. The van der Waals surface area contributed by atoms with Gasteiger partial charge in [0.05, 0.1) is 21.6 Å². The van der Waals surface area contributed by atoms with Gasteiger partial charge in [0.25, 0.3) is 5.56 Å². The minimum absolute atomic E-state index is 0.0242. The Morgan fingerprint density at radius 1 is 1.08 bits per heavy atom. The van der Waals surface area contributed by atoms with Gasteiger partial charge >= 0.3 is 0 Å². The fourth-order valence-corrected chi connectivity index (χ4v) is 2.63. The van der Waals surface area contributed by atoms with Gasteiger partial charge in [0.2, 0.25) is 10.0 Å². The first-order valence-corrected chi connectivity index (χ1v) is 8.44. The zero-order valence-corrected chi connectivity index (χ0v) is 13.4. The maximum Gasteiger partial charge on any atom is 0.294 e. The molecule has 0 radical (unpaired) electrons. The quantitative estimate of drug-likeness (QED) is 0.730. The number of nitrogens with zero attached hydrogens (tertiary/aromatic N) is 4. The molecule has 0 bridgehead atoms.